The van der Waals surface area contributed by atoms with E-state index >= 15 is 0 Å². The first-order chi connectivity index (χ1) is 15.0. The summed E-state index contributed by atoms with van der Waals surface area (Å²) in [5.41, 5.74) is 2.81. The van der Waals surface area contributed by atoms with Gasteiger partial charge in [0.15, 0.2) is 11.9 Å². The minimum atomic E-state index is -0.556. The number of rotatable bonds is 3. The summed E-state index contributed by atoms with van der Waals surface area (Å²) in [7, 11) is 0. The standard InChI is InChI=1S/C24H19N3O4/c1-13-7-9-21(30-13)20-12-17(16-5-3-4-6-18(16)26-20)24(29)25-15-8-10-22-19(11-15)27-23(28)14(2)31-22/h3-12,14H,1-2H3,(H,25,29)(H,27,28)/t14-/m0/s1. The van der Waals surface area contributed by atoms with Crippen LogP contribution in [0, 0.1) is 6.92 Å². The highest BCUT2D eigenvalue weighted by Crippen LogP contribution is 2.33. The van der Waals surface area contributed by atoms with E-state index in [9.17, 15) is 9.59 Å². The molecule has 2 amide bonds. The van der Waals surface area contributed by atoms with E-state index in [4.69, 9.17) is 9.15 Å². The molecule has 4 aromatic rings. The van der Waals surface area contributed by atoms with Crippen LogP contribution in [-0.2, 0) is 4.79 Å². The normalized spacial score (nSPS) is 15.2. The van der Waals surface area contributed by atoms with E-state index in [1.807, 2.05) is 43.3 Å². The largest absolute Gasteiger partial charge is 0.479 e. The van der Waals surface area contributed by atoms with Gasteiger partial charge in [0.1, 0.15) is 17.2 Å². The number of anilines is 2. The van der Waals surface area contributed by atoms with Gasteiger partial charge in [0, 0.05) is 11.1 Å². The average molecular weight is 413 g/mol. The van der Waals surface area contributed by atoms with E-state index in [2.05, 4.69) is 15.6 Å². The van der Waals surface area contributed by atoms with Gasteiger partial charge in [0.05, 0.1) is 16.8 Å². The Morgan fingerprint density at radius 2 is 1.94 bits per heavy atom. The lowest BCUT2D eigenvalue weighted by molar-refractivity contribution is -0.122. The smallest absolute Gasteiger partial charge is 0.265 e. The second-order valence-corrected chi connectivity index (χ2v) is 7.40. The SMILES string of the molecule is Cc1ccc(-c2cc(C(=O)Nc3ccc4c(c3)NC(=O)[C@H](C)O4)c3ccccc3n2)o1. The molecule has 0 fully saturated rings. The Labute approximate surface area is 178 Å². The van der Waals surface area contributed by atoms with E-state index in [0.29, 0.717) is 39.7 Å². The molecule has 31 heavy (non-hydrogen) atoms. The van der Waals surface area contributed by atoms with Crippen LogP contribution in [0.25, 0.3) is 22.4 Å². The molecule has 5 rings (SSSR count). The number of carbonyl (C=O) groups is 2. The van der Waals surface area contributed by atoms with Crippen molar-refractivity contribution in [3.05, 3.63) is 72.0 Å². The average Bonchev–Trinajstić information content (AvgIpc) is 3.20. The second-order valence-electron chi connectivity index (χ2n) is 7.40. The molecule has 1 aliphatic rings. The summed E-state index contributed by atoms with van der Waals surface area (Å²) in [6.07, 6.45) is -0.556. The number of nitrogens with zero attached hydrogens (tertiary/aromatic N) is 1. The van der Waals surface area contributed by atoms with Crippen LogP contribution in [0.2, 0.25) is 0 Å². The third kappa shape index (κ3) is 3.50. The molecule has 0 aliphatic carbocycles. The van der Waals surface area contributed by atoms with Crippen LogP contribution >= 0.6 is 0 Å². The maximum absolute atomic E-state index is 13.2. The second kappa shape index (κ2) is 7.28. The first-order valence-corrected chi connectivity index (χ1v) is 9.87. The molecule has 0 bridgehead atoms. The van der Waals surface area contributed by atoms with Crippen molar-refractivity contribution in [1.82, 2.24) is 4.98 Å². The highest BCUT2D eigenvalue weighted by molar-refractivity contribution is 6.13. The monoisotopic (exact) mass is 413 g/mol. The predicted molar refractivity (Wildman–Crippen MR) is 117 cm³/mol. The minimum absolute atomic E-state index is 0.227. The van der Waals surface area contributed by atoms with E-state index in [0.717, 1.165) is 11.1 Å². The molecular weight excluding hydrogens is 394 g/mol. The molecule has 154 valence electrons. The van der Waals surface area contributed by atoms with Crippen LogP contribution in [0.3, 0.4) is 0 Å². The number of para-hydroxylation sites is 1. The zero-order chi connectivity index (χ0) is 21.5. The molecule has 0 saturated carbocycles. The zero-order valence-electron chi connectivity index (χ0n) is 16.9. The molecule has 1 aliphatic heterocycles. The van der Waals surface area contributed by atoms with Crippen LogP contribution in [0.15, 0.2) is 65.1 Å². The molecular formula is C24H19N3O4. The molecule has 0 radical (unpaired) electrons. The Bertz CT molecular complexity index is 1340. The van der Waals surface area contributed by atoms with Gasteiger partial charge in [-0.15, -0.1) is 0 Å². The van der Waals surface area contributed by atoms with Gasteiger partial charge in [-0.2, -0.15) is 0 Å². The van der Waals surface area contributed by atoms with Crippen molar-refractivity contribution in [2.24, 2.45) is 0 Å². The molecule has 7 nitrogen and oxygen atoms in total. The van der Waals surface area contributed by atoms with Gasteiger partial charge < -0.3 is 19.8 Å². The number of benzene rings is 2. The predicted octanol–water partition coefficient (Wildman–Crippen LogP) is 4.77. The fourth-order valence-corrected chi connectivity index (χ4v) is 3.55. The van der Waals surface area contributed by atoms with Crippen LogP contribution < -0.4 is 15.4 Å². The van der Waals surface area contributed by atoms with Crippen LogP contribution in [0.1, 0.15) is 23.0 Å². The van der Waals surface area contributed by atoms with Gasteiger partial charge in [-0.1, -0.05) is 18.2 Å². The number of carbonyl (C=O) groups excluding carboxylic acids is 2. The number of furan rings is 1. The van der Waals surface area contributed by atoms with E-state index in [1.165, 1.54) is 0 Å². The molecule has 3 heterocycles. The summed E-state index contributed by atoms with van der Waals surface area (Å²) in [6.45, 7) is 3.54. The summed E-state index contributed by atoms with van der Waals surface area (Å²) in [6, 6.07) is 18.0. The van der Waals surface area contributed by atoms with Gasteiger partial charge in [-0.05, 0) is 56.3 Å². The fraction of sp³-hybridized carbons (Fsp3) is 0.125. The quantitative estimate of drug-likeness (QED) is 0.504. The highest BCUT2D eigenvalue weighted by Gasteiger charge is 2.24. The number of nitrogens with one attached hydrogen (secondary N) is 2. The summed E-state index contributed by atoms with van der Waals surface area (Å²) in [5, 5.41) is 6.43. The lowest BCUT2D eigenvalue weighted by atomic mass is 10.1. The van der Waals surface area contributed by atoms with E-state index in [-0.39, 0.29) is 11.8 Å². The number of hydrogen-bond acceptors (Lipinski definition) is 5. The Hall–Kier alpha value is -4.13. The van der Waals surface area contributed by atoms with Crippen molar-refractivity contribution in [3.8, 4) is 17.2 Å². The number of ether oxygens (including phenoxy) is 1. The van der Waals surface area contributed by atoms with Gasteiger partial charge in [0.25, 0.3) is 11.8 Å². The Balaban J connectivity index is 1.51. The molecule has 1 atom stereocenters. The Morgan fingerprint density at radius 1 is 1.10 bits per heavy atom. The van der Waals surface area contributed by atoms with Crippen molar-refractivity contribution in [2.45, 2.75) is 20.0 Å². The molecule has 0 saturated heterocycles. The first-order valence-electron chi connectivity index (χ1n) is 9.87. The summed E-state index contributed by atoms with van der Waals surface area (Å²) in [4.78, 5) is 29.8. The topological polar surface area (TPSA) is 93.5 Å². The van der Waals surface area contributed by atoms with Crippen LogP contribution in [0.4, 0.5) is 11.4 Å². The Kier molecular flexibility index (Phi) is 4.43. The van der Waals surface area contributed by atoms with Crippen molar-refractivity contribution >= 4 is 34.1 Å². The zero-order valence-corrected chi connectivity index (χ0v) is 16.9. The van der Waals surface area contributed by atoms with Gasteiger partial charge >= 0.3 is 0 Å². The lowest BCUT2D eigenvalue weighted by Crippen LogP contribution is -2.34. The van der Waals surface area contributed by atoms with Gasteiger partial charge in [-0.25, -0.2) is 4.98 Å². The maximum atomic E-state index is 13.2. The maximum Gasteiger partial charge on any atom is 0.265 e. The summed E-state index contributed by atoms with van der Waals surface area (Å²) in [5.74, 6) is 1.41. The van der Waals surface area contributed by atoms with E-state index in [1.54, 1.807) is 31.2 Å². The highest BCUT2D eigenvalue weighted by atomic mass is 16.5. The summed E-state index contributed by atoms with van der Waals surface area (Å²) < 4.78 is 11.3. The molecule has 7 heteroatoms. The molecule has 2 N–H and O–H groups in total. The third-order valence-electron chi connectivity index (χ3n) is 5.12. The molecule has 2 aromatic carbocycles. The number of fused-ring (bicyclic) bond motifs is 2. The van der Waals surface area contributed by atoms with Crippen LogP contribution in [-0.4, -0.2) is 22.9 Å². The van der Waals surface area contributed by atoms with Crippen molar-refractivity contribution in [3.63, 3.8) is 0 Å². The van der Waals surface area contributed by atoms with Gasteiger partial charge in [0.2, 0.25) is 0 Å². The molecule has 0 spiro atoms. The number of aryl methyl sites for hydroxylation is 1. The van der Waals surface area contributed by atoms with Crippen molar-refractivity contribution in [1.29, 1.82) is 0 Å². The fourth-order valence-electron chi connectivity index (χ4n) is 3.55. The van der Waals surface area contributed by atoms with Gasteiger partial charge in [-0.3, -0.25) is 9.59 Å². The number of hydrogen-bond donors (Lipinski definition) is 2. The Morgan fingerprint density at radius 3 is 2.74 bits per heavy atom. The first kappa shape index (κ1) is 18.9. The molecule has 2 aromatic heterocycles. The van der Waals surface area contributed by atoms with Crippen molar-refractivity contribution < 1.29 is 18.7 Å². The number of aromatic nitrogens is 1. The van der Waals surface area contributed by atoms with E-state index < -0.39 is 6.10 Å². The van der Waals surface area contributed by atoms with Crippen LogP contribution in [0.5, 0.6) is 5.75 Å². The molecule has 0 unspecified atom stereocenters. The summed E-state index contributed by atoms with van der Waals surface area (Å²) >= 11 is 0. The number of amides is 2. The lowest BCUT2D eigenvalue weighted by Gasteiger charge is -2.23. The third-order valence-corrected chi connectivity index (χ3v) is 5.12. The number of pyridine rings is 1. The van der Waals surface area contributed by atoms with Crippen molar-refractivity contribution in [2.75, 3.05) is 10.6 Å². The minimum Gasteiger partial charge on any atom is -0.479 e.